The second-order valence-corrected chi connectivity index (χ2v) is 16.1. The zero-order valence-corrected chi connectivity index (χ0v) is 19.6. The first-order valence-corrected chi connectivity index (χ1v) is 14.9. The van der Waals surface area contributed by atoms with Crippen molar-refractivity contribution < 1.29 is 9.63 Å². The second kappa shape index (κ2) is 6.61. The molecule has 0 aromatic carbocycles. The van der Waals surface area contributed by atoms with Crippen LogP contribution in [-0.2, 0) is 4.43 Å². The van der Waals surface area contributed by atoms with Gasteiger partial charge < -0.3 is 9.63 Å². The molecule has 0 aromatic rings. The van der Waals surface area contributed by atoms with E-state index in [0.717, 1.165) is 36.8 Å². The first kappa shape index (κ1) is 20.5. The van der Waals surface area contributed by atoms with Crippen molar-refractivity contribution in [3.8, 4) is 12.3 Å². The molecule has 4 aliphatic rings. The maximum absolute atomic E-state index is 9.29. The fraction of sp³-hybridized carbons (Fsp3) is 0.875. The molecule has 4 rings (SSSR count). The normalized spacial score (nSPS) is 49.8. The number of terminal acetylenes is 1. The van der Waals surface area contributed by atoms with Crippen molar-refractivity contribution in [3.63, 3.8) is 0 Å². The number of hydrogen-bond donors (Lipinski definition) is 1. The molecule has 0 unspecified atom stereocenters. The third-order valence-electron chi connectivity index (χ3n) is 9.47. The van der Waals surface area contributed by atoms with Gasteiger partial charge in [0.05, 0.1) is 5.71 Å². The van der Waals surface area contributed by atoms with Crippen LogP contribution in [0.3, 0.4) is 0 Å². The van der Waals surface area contributed by atoms with Crippen LogP contribution in [0.1, 0.15) is 71.6 Å². The smallest absolute Gasteiger partial charge is 0.185 e. The zero-order chi connectivity index (χ0) is 20.4. The molecular formula is C24H39NO2Si. The van der Waals surface area contributed by atoms with Crippen LogP contribution in [0.15, 0.2) is 5.16 Å². The molecule has 1 N–H and O–H groups in total. The summed E-state index contributed by atoms with van der Waals surface area (Å²) in [5.74, 6) is 6.19. The predicted octanol–water partition coefficient (Wildman–Crippen LogP) is 6.08. The van der Waals surface area contributed by atoms with Crippen LogP contribution in [0.5, 0.6) is 0 Å². The summed E-state index contributed by atoms with van der Waals surface area (Å²) in [6.07, 6.45) is 16.7. The lowest BCUT2D eigenvalue weighted by atomic mass is 9.44. The molecule has 0 radical (unpaired) electrons. The molecule has 3 nitrogen and oxygen atoms in total. The van der Waals surface area contributed by atoms with Crippen molar-refractivity contribution >= 4 is 14.0 Å². The van der Waals surface area contributed by atoms with E-state index in [1.54, 1.807) is 0 Å². The average molecular weight is 402 g/mol. The molecule has 0 aliphatic heterocycles. The number of hydrogen-bond acceptors (Lipinski definition) is 3. The monoisotopic (exact) mass is 401 g/mol. The summed E-state index contributed by atoms with van der Waals surface area (Å²) in [5.41, 5.74) is 1.20. The molecular weight excluding hydrogens is 362 g/mol. The largest absolute Gasteiger partial charge is 0.411 e. The topological polar surface area (TPSA) is 41.8 Å². The minimum Gasteiger partial charge on any atom is -0.411 e. The van der Waals surface area contributed by atoms with Crippen molar-refractivity contribution in [2.24, 2.45) is 39.7 Å². The molecule has 7 atom stereocenters. The van der Waals surface area contributed by atoms with Crippen molar-refractivity contribution in [2.45, 2.75) is 96.9 Å². The molecule has 4 saturated carbocycles. The van der Waals surface area contributed by atoms with Crippen LogP contribution in [0.4, 0.5) is 0 Å². The minimum atomic E-state index is -1.72. The molecule has 4 heteroatoms. The van der Waals surface area contributed by atoms with Gasteiger partial charge in [0.25, 0.3) is 0 Å². The lowest BCUT2D eigenvalue weighted by molar-refractivity contribution is -0.124. The molecule has 0 saturated heterocycles. The number of nitrogens with zero attached hydrogens (tertiary/aromatic N) is 1. The van der Waals surface area contributed by atoms with E-state index >= 15 is 0 Å². The number of rotatable bonds is 2. The zero-order valence-electron chi connectivity index (χ0n) is 18.6. The Morgan fingerprint density at radius 2 is 1.79 bits per heavy atom. The quantitative estimate of drug-likeness (QED) is 0.263. The molecule has 28 heavy (non-hydrogen) atoms. The van der Waals surface area contributed by atoms with Crippen LogP contribution in [-0.4, -0.2) is 24.8 Å². The Kier molecular flexibility index (Phi) is 4.83. The summed E-state index contributed by atoms with van der Waals surface area (Å²) < 4.78 is 6.81. The Bertz CT molecular complexity index is 706. The summed E-state index contributed by atoms with van der Waals surface area (Å²) in [6, 6.07) is 0. The van der Waals surface area contributed by atoms with E-state index < -0.39 is 8.32 Å². The van der Waals surface area contributed by atoms with Gasteiger partial charge in [-0.3, -0.25) is 0 Å². The summed E-state index contributed by atoms with van der Waals surface area (Å²) in [5, 5.41) is 12.9. The van der Waals surface area contributed by atoms with Gasteiger partial charge in [-0.1, -0.05) is 24.9 Å². The Hall–Kier alpha value is -0.793. The van der Waals surface area contributed by atoms with Gasteiger partial charge >= 0.3 is 0 Å². The van der Waals surface area contributed by atoms with Crippen LogP contribution in [0, 0.1) is 46.8 Å². The second-order valence-electron chi connectivity index (χ2n) is 11.7. The first-order chi connectivity index (χ1) is 13.1. The van der Waals surface area contributed by atoms with Gasteiger partial charge in [-0.05, 0) is 107 Å². The van der Waals surface area contributed by atoms with Gasteiger partial charge in [0, 0.05) is 5.41 Å². The lowest BCUT2D eigenvalue weighted by Gasteiger charge is -2.61. The van der Waals surface area contributed by atoms with Gasteiger partial charge in [-0.25, -0.2) is 0 Å². The summed E-state index contributed by atoms with van der Waals surface area (Å²) in [4.78, 5) is 0. The van der Waals surface area contributed by atoms with Crippen LogP contribution in [0.25, 0.3) is 0 Å². The lowest BCUT2D eigenvalue weighted by Crippen LogP contribution is -2.58. The van der Waals surface area contributed by atoms with E-state index in [-0.39, 0.29) is 11.0 Å². The van der Waals surface area contributed by atoms with Gasteiger partial charge in [-0.2, -0.15) is 0 Å². The Morgan fingerprint density at radius 3 is 2.43 bits per heavy atom. The fourth-order valence-corrected chi connectivity index (χ4v) is 9.55. The Balaban J connectivity index is 1.63. The SMILES string of the molecule is C#C[C@]1(O[Si](C)(C)C)CC[C@H]2[C@@H]3CC[C@H]4C/C(=N/O)CC[C@]4(C)[C@H]3CC[C@@]21C. The highest BCUT2D eigenvalue weighted by Crippen LogP contribution is 2.68. The molecule has 0 spiro atoms. The average Bonchev–Trinajstić information content (AvgIpc) is 2.92. The van der Waals surface area contributed by atoms with Gasteiger partial charge in [0.2, 0.25) is 0 Å². The van der Waals surface area contributed by atoms with Crippen LogP contribution < -0.4 is 0 Å². The van der Waals surface area contributed by atoms with Crippen LogP contribution in [0.2, 0.25) is 19.6 Å². The van der Waals surface area contributed by atoms with E-state index in [9.17, 15) is 5.21 Å². The van der Waals surface area contributed by atoms with Crippen molar-refractivity contribution in [1.82, 2.24) is 0 Å². The van der Waals surface area contributed by atoms with E-state index in [0.29, 0.717) is 17.3 Å². The van der Waals surface area contributed by atoms with E-state index in [1.807, 2.05) is 0 Å². The third kappa shape index (κ3) is 2.83. The molecule has 156 valence electrons. The fourth-order valence-electron chi connectivity index (χ4n) is 8.11. The van der Waals surface area contributed by atoms with Crippen molar-refractivity contribution in [3.05, 3.63) is 0 Å². The molecule has 4 aliphatic carbocycles. The molecule has 0 heterocycles. The van der Waals surface area contributed by atoms with Gasteiger partial charge in [-0.15, -0.1) is 6.42 Å². The van der Waals surface area contributed by atoms with E-state index in [4.69, 9.17) is 10.8 Å². The summed E-state index contributed by atoms with van der Waals surface area (Å²) in [7, 11) is -1.72. The Labute approximate surface area is 172 Å². The summed E-state index contributed by atoms with van der Waals surface area (Å²) in [6.45, 7) is 11.9. The molecule has 0 bridgehead atoms. The van der Waals surface area contributed by atoms with Crippen molar-refractivity contribution in [1.29, 1.82) is 0 Å². The van der Waals surface area contributed by atoms with Crippen molar-refractivity contribution in [2.75, 3.05) is 0 Å². The maximum atomic E-state index is 9.29. The Morgan fingerprint density at radius 1 is 1.07 bits per heavy atom. The van der Waals surface area contributed by atoms with Crippen LogP contribution >= 0.6 is 0 Å². The standard InChI is InChI=1S/C24H39NO2Si/c1-7-24(27-28(4,5)6)15-12-21-19-9-8-17-16-18(25-26)10-13-22(17,2)20(19)11-14-23(21,24)3/h1,17,19-21,26H,8-16H2,2-6H3/b25-18+/t17-,19+,20-,21-,22-,23-,24-/m0/s1. The molecule has 0 aromatic heterocycles. The number of fused-ring (bicyclic) bond motifs is 5. The highest BCUT2D eigenvalue weighted by atomic mass is 28.4. The van der Waals surface area contributed by atoms with Gasteiger partial charge in [0.15, 0.2) is 8.32 Å². The number of oxime groups is 1. The van der Waals surface area contributed by atoms with E-state index in [2.05, 4.69) is 44.6 Å². The predicted molar refractivity (Wildman–Crippen MR) is 117 cm³/mol. The third-order valence-corrected chi connectivity index (χ3v) is 10.4. The highest BCUT2D eigenvalue weighted by Gasteiger charge is 2.65. The first-order valence-electron chi connectivity index (χ1n) is 11.5. The highest BCUT2D eigenvalue weighted by molar-refractivity contribution is 6.69. The minimum absolute atomic E-state index is 0.124. The van der Waals surface area contributed by atoms with Gasteiger partial charge in [0.1, 0.15) is 5.60 Å². The van der Waals surface area contributed by atoms with E-state index in [1.165, 1.54) is 38.5 Å². The molecule has 4 fully saturated rings. The molecule has 0 amide bonds. The summed E-state index contributed by atoms with van der Waals surface area (Å²) >= 11 is 0. The maximum Gasteiger partial charge on any atom is 0.185 e.